The Morgan fingerprint density at radius 3 is 2.50 bits per heavy atom. The van der Waals surface area contributed by atoms with E-state index in [4.69, 9.17) is 21.3 Å². The van der Waals surface area contributed by atoms with Crippen molar-refractivity contribution >= 4 is 68.4 Å². The molecule has 18 heteroatoms. The third-order valence-electron chi connectivity index (χ3n) is 14.4. The van der Waals surface area contributed by atoms with E-state index in [1.807, 2.05) is 12.1 Å². The van der Waals surface area contributed by atoms with Gasteiger partial charge in [0.2, 0.25) is 23.5 Å². The first-order valence-corrected chi connectivity index (χ1v) is 22.6. The van der Waals surface area contributed by atoms with Gasteiger partial charge in [-0.05, 0) is 98.5 Å². The Balaban J connectivity index is 0.798. The fourth-order valence-corrected chi connectivity index (χ4v) is 10.7. The van der Waals surface area contributed by atoms with E-state index in [0.29, 0.717) is 80.7 Å². The Labute approximate surface area is 372 Å². The van der Waals surface area contributed by atoms with Crippen LogP contribution in [0.2, 0.25) is 5.02 Å². The van der Waals surface area contributed by atoms with Crippen LogP contribution in [-0.4, -0.2) is 92.3 Å². The summed E-state index contributed by atoms with van der Waals surface area (Å²) in [7, 11) is 3.30. The standard InChI is InChI=1S/C46H52ClF3N10O4/c1-45(2)22-60(18-15-26(45)21-59-16-13-24(14-17-59)28-8-9-29-36(56-58(4)38(29)35(28)48)30-10-12-34(61)53-42(30)62)44-51-20-32(47)41(55-44)52-27-7-11-33-31(19-27)37-39(43(63)57(33)3)64-23-46(49,50)40(54-37)25-5-6-25/h7-9,11,19-20,24-26,30,40,54H,5-6,10,12-18,21-23H2,1-4H3,(H,51,52,55)(H,53,61,62)/t26-,30?,40-/m0/s1. The predicted molar refractivity (Wildman–Crippen MR) is 238 cm³/mol. The molecule has 3 N–H and O–H groups in total. The number of carbonyl (C=O) groups is 2. The number of alkyl halides is 2. The highest BCUT2D eigenvalue weighted by atomic mass is 35.5. The largest absolute Gasteiger partial charge is 0.480 e. The third-order valence-corrected chi connectivity index (χ3v) is 14.7. The van der Waals surface area contributed by atoms with Crippen LogP contribution in [0.3, 0.4) is 0 Å². The minimum absolute atomic E-state index is 0.0610. The van der Waals surface area contributed by atoms with Gasteiger partial charge in [0.05, 0.1) is 35.1 Å². The van der Waals surface area contributed by atoms with Crippen LogP contribution >= 0.6 is 11.6 Å². The highest BCUT2D eigenvalue weighted by Crippen LogP contribution is 2.46. The van der Waals surface area contributed by atoms with Crippen LogP contribution in [-0.2, 0) is 23.7 Å². The molecule has 338 valence electrons. The fraction of sp³-hybridized carbons (Fsp3) is 0.522. The van der Waals surface area contributed by atoms with Crippen LogP contribution in [0, 0.1) is 23.1 Å². The first-order chi connectivity index (χ1) is 30.6. The quantitative estimate of drug-likeness (QED) is 0.136. The lowest BCUT2D eigenvalue weighted by molar-refractivity contribution is -0.134. The van der Waals surface area contributed by atoms with E-state index in [-0.39, 0.29) is 52.7 Å². The number of pyridine rings is 1. The van der Waals surface area contributed by atoms with Crippen LogP contribution in [0.5, 0.6) is 5.75 Å². The molecule has 3 atom stereocenters. The summed E-state index contributed by atoms with van der Waals surface area (Å²) in [5, 5.41) is 14.8. The average molecular weight is 901 g/mol. The van der Waals surface area contributed by atoms with Crippen molar-refractivity contribution in [1.29, 1.82) is 0 Å². The Morgan fingerprint density at radius 1 is 0.984 bits per heavy atom. The maximum absolute atomic E-state index is 16.3. The van der Waals surface area contributed by atoms with Crippen molar-refractivity contribution in [3.8, 4) is 5.75 Å². The number of hydrogen-bond donors (Lipinski definition) is 3. The van der Waals surface area contributed by atoms with Gasteiger partial charge in [-0.2, -0.15) is 10.1 Å². The molecule has 0 radical (unpaired) electrons. The Morgan fingerprint density at radius 2 is 1.77 bits per heavy atom. The van der Waals surface area contributed by atoms with Gasteiger partial charge in [-0.25, -0.2) is 18.2 Å². The summed E-state index contributed by atoms with van der Waals surface area (Å²) in [6.45, 7) is 7.79. The number of amides is 2. The molecule has 64 heavy (non-hydrogen) atoms. The minimum atomic E-state index is -3.14. The lowest BCUT2D eigenvalue weighted by atomic mass is 9.73. The lowest BCUT2D eigenvalue weighted by Gasteiger charge is -2.46. The number of halogens is 4. The van der Waals surface area contributed by atoms with E-state index in [1.165, 1.54) is 9.25 Å². The molecule has 7 heterocycles. The monoisotopic (exact) mass is 900 g/mol. The molecule has 5 aliphatic rings. The molecule has 10 rings (SSSR count). The topological polar surface area (TPSA) is 152 Å². The fourth-order valence-electron chi connectivity index (χ4n) is 10.6. The van der Waals surface area contributed by atoms with Gasteiger partial charge in [-0.15, -0.1) is 0 Å². The zero-order valence-corrected chi connectivity index (χ0v) is 37.1. The number of rotatable bonds is 8. The van der Waals surface area contributed by atoms with E-state index < -0.39 is 30.0 Å². The molecule has 1 unspecified atom stereocenters. The van der Waals surface area contributed by atoms with Crippen molar-refractivity contribution in [2.45, 2.75) is 82.6 Å². The van der Waals surface area contributed by atoms with Gasteiger partial charge in [0.25, 0.3) is 5.56 Å². The zero-order chi connectivity index (χ0) is 44.8. The number of imide groups is 1. The number of likely N-dealkylation sites (tertiary alicyclic amines) is 1. The van der Waals surface area contributed by atoms with Crippen molar-refractivity contribution in [1.82, 2.24) is 34.5 Å². The second-order valence-electron chi connectivity index (χ2n) is 19.1. The number of hydrogen-bond acceptors (Lipinski definition) is 11. The van der Waals surface area contributed by atoms with Crippen LogP contribution in [0.4, 0.5) is 36.3 Å². The van der Waals surface area contributed by atoms with Crippen LogP contribution in [0.1, 0.15) is 81.9 Å². The Kier molecular flexibility index (Phi) is 10.6. The summed E-state index contributed by atoms with van der Waals surface area (Å²) in [5.41, 5.74) is 2.44. The molecule has 4 fully saturated rings. The summed E-state index contributed by atoms with van der Waals surface area (Å²) in [6.07, 6.45) is 6.13. The number of nitrogens with zero attached hydrogens (tertiary/aromatic N) is 7. The number of ether oxygens (including phenoxy) is 1. The van der Waals surface area contributed by atoms with Gasteiger partial charge >= 0.3 is 5.92 Å². The average Bonchev–Trinajstić information content (AvgIpc) is 4.06. The summed E-state index contributed by atoms with van der Waals surface area (Å²) in [4.78, 5) is 51.8. The molecule has 3 aromatic heterocycles. The number of aryl methyl sites for hydroxylation is 2. The summed E-state index contributed by atoms with van der Waals surface area (Å²) >= 11 is 6.68. The van der Waals surface area contributed by atoms with Gasteiger partial charge in [0, 0.05) is 56.6 Å². The SMILES string of the molecule is Cn1nc(C2CCC(=O)NC2=O)c2ccc(C3CCN(C[C@@H]4CCN(c5ncc(Cl)c(Nc6ccc7c(c6)c6c(c(=O)n7C)OCC(F)(F)[C@H](C7CC7)N6)n5)CC4(C)C)CC3)c(F)c21. The highest BCUT2D eigenvalue weighted by molar-refractivity contribution is 6.33. The van der Waals surface area contributed by atoms with E-state index in [9.17, 15) is 14.4 Å². The molecule has 2 aromatic carbocycles. The summed E-state index contributed by atoms with van der Waals surface area (Å²) in [5.74, 6) is -3.62. The van der Waals surface area contributed by atoms with E-state index in [0.717, 1.165) is 52.0 Å². The number of piperidine rings is 3. The first-order valence-electron chi connectivity index (χ1n) is 22.3. The molecule has 3 saturated heterocycles. The molecule has 14 nitrogen and oxygen atoms in total. The predicted octanol–water partition coefficient (Wildman–Crippen LogP) is 7.22. The van der Waals surface area contributed by atoms with Gasteiger partial charge in [-0.3, -0.25) is 24.4 Å². The number of benzene rings is 2. The van der Waals surface area contributed by atoms with Crippen LogP contribution in [0.25, 0.3) is 21.8 Å². The van der Waals surface area contributed by atoms with Crippen LogP contribution in [0.15, 0.2) is 41.3 Å². The van der Waals surface area contributed by atoms with Gasteiger partial charge in [0.1, 0.15) is 10.5 Å². The molecule has 1 saturated carbocycles. The molecule has 1 aliphatic carbocycles. The summed E-state index contributed by atoms with van der Waals surface area (Å²) < 4.78 is 55.1. The number of nitrogens with one attached hydrogen (secondary N) is 3. The van der Waals surface area contributed by atoms with Crippen molar-refractivity contribution in [2.24, 2.45) is 31.3 Å². The number of anilines is 4. The number of aromatic nitrogens is 5. The third kappa shape index (κ3) is 7.61. The molecule has 2 amide bonds. The Hall–Kier alpha value is -5.42. The zero-order valence-electron chi connectivity index (χ0n) is 36.3. The maximum Gasteiger partial charge on any atom is 0.301 e. The second-order valence-corrected chi connectivity index (χ2v) is 19.6. The molecule has 5 aromatic rings. The van der Waals surface area contributed by atoms with Crippen molar-refractivity contribution in [3.63, 3.8) is 0 Å². The van der Waals surface area contributed by atoms with Crippen LogP contribution < -0.4 is 31.1 Å². The lowest BCUT2D eigenvalue weighted by Crippen LogP contribution is -2.50. The summed E-state index contributed by atoms with van der Waals surface area (Å²) in [6, 6.07) is 7.96. The smallest absolute Gasteiger partial charge is 0.301 e. The number of carbonyl (C=O) groups excluding carboxylic acids is 2. The molecular formula is C46H52ClF3N10O4. The van der Waals surface area contributed by atoms with Gasteiger partial charge in [0.15, 0.2) is 18.2 Å². The second kappa shape index (κ2) is 15.9. The van der Waals surface area contributed by atoms with Crippen molar-refractivity contribution in [2.75, 3.05) is 54.9 Å². The normalized spacial score (nSPS) is 23.9. The van der Waals surface area contributed by atoms with E-state index >= 15 is 13.2 Å². The number of fused-ring (bicyclic) bond motifs is 4. The van der Waals surface area contributed by atoms with E-state index in [1.54, 1.807) is 38.5 Å². The molecular weight excluding hydrogens is 849 g/mol. The first kappa shape index (κ1) is 42.5. The molecule has 4 aliphatic heterocycles. The van der Waals surface area contributed by atoms with Crippen molar-refractivity contribution < 1.29 is 27.5 Å². The maximum atomic E-state index is 16.3. The van der Waals surface area contributed by atoms with Crippen molar-refractivity contribution in [3.05, 3.63) is 69.0 Å². The highest BCUT2D eigenvalue weighted by Gasteiger charge is 2.51. The molecule has 0 bridgehead atoms. The molecule has 0 spiro atoms. The van der Waals surface area contributed by atoms with E-state index in [2.05, 4.69) is 49.7 Å². The van der Waals surface area contributed by atoms with Gasteiger partial charge in [-0.1, -0.05) is 37.6 Å². The minimum Gasteiger partial charge on any atom is -0.480 e. The van der Waals surface area contributed by atoms with Gasteiger partial charge < -0.3 is 29.7 Å². The Bertz CT molecular complexity index is 2770.